The number of pyridine rings is 1. The van der Waals surface area contributed by atoms with Crippen LogP contribution in [-0.2, 0) is 5.60 Å². The van der Waals surface area contributed by atoms with Gasteiger partial charge in [-0.2, -0.15) is 0 Å². The van der Waals surface area contributed by atoms with Gasteiger partial charge in [0.1, 0.15) is 5.82 Å². The average Bonchev–Trinajstić information content (AvgIpc) is 2.89. The summed E-state index contributed by atoms with van der Waals surface area (Å²) in [5.41, 5.74) is 6.73. The molecule has 3 heteroatoms. The van der Waals surface area contributed by atoms with E-state index in [9.17, 15) is 5.11 Å². The normalized spacial score (nSPS) is 22.1. The summed E-state index contributed by atoms with van der Waals surface area (Å²) in [5.74, 6) is 0.443. The van der Waals surface area contributed by atoms with E-state index in [4.69, 9.17) is 5.73 Å². The second-order valence-corrected chi connectivity index (χ2v) is 5.08. The van der Waals surface area contributed by atoms with E-state index in [0.29, 0.717) is 5.82 Å². The van der Waals surface area contributed by atoms with Crippen LogP contribution in [0.1, 0.15) is 37.8 Å². The highest BCUT2D eigenvalue weighted by molar-refractivity contribution is 5.46. The lowest BCUT2D eigenvalue weighted by Crippen LogP contribution is -2.32. The van der Waals surface area contributed by atoms with Crippen LogP contribution in [0.25, 0.3) is 0 Å². The third kappa shape index (κ3) is 1.51. The minimum atomic E-state index is -0.865. The highest BCUT2D eigenvalue weighted by atomic mass is 16.3. The van der Waals surface area contributed by atoms with Crippen molar-refractivity contribution in [3.63, 3.8) is 0 Å². The highest BCUT2D eigenvalue weighted by Crippen LogP contribution is 2.58. The van der Waals surface area contributed by atoms with Crippen molar-refractivity contribution >= 4 is 5.82 Å². The van der Waals surface area contributed by atoms with Gasteiger partial charge in [-0.3, -0.25) is 0 Å². The molecule has 0 aromatic carbocycles. The summed E-state index contributed by atoms with van der Waals surface area (Å²) >= 11 is 0. The van der Waals surface area contributed by atoms with Crippen molar-refractivity contribution in [1.29, 1.82) is 0 Å². The Morgan fingerprint density at radius 1 is 1.53 bits per heavy atom. The minimum absolute atomic E-state index is 0.0312. The Bertz CT molecular complexity index is 395. The zero-order valence-electron chi connectivity index (χ0n) is 9.54. The Hall–Kier alpha value is -1.09. The van der Waals surface area contributed by atoms with Gasteiger partial charge >= 0.3 is 0 Å². The summed E-state index contributed by atoms with van der Waals surface area (Å²) in [6, 6.07) is 1.94. The Morgan fingerprint density at radius 2 is 2.13 bits per heavy atom. The monoisotopic (exact) mass is 206 g/mol. The fourth-order valence-corrected chi connectivity index (χ4v) is 1.97. The van der Waals surface area contributed by atoms with Crippen LogP contribution >= 0.6 is 0 Å². The number of nitrogens with zero attached hydrogens (tertiary/aromatic N) is 1. The van der Waals surface area contributed by atoms with E-state index in [1.165, 1.54) is 0 Å². The molecule has 15 heavy (non-hydrogen) atoms. The number of anilines is 1. The minimum Gasteiger partial charge on any atom is -0.385 e. The first-order valence-corrected chi connectivity index (χ1v) is 5.32. The molecule has 0 amide bonds. The van der Waals surface area contributed by atoms with Crippen LogP contribution in [0.2, 0.25) is 0 Å². The summed E-state index contributed by atoms with van der Waals surface area (Å²) < 4.78 is 0. The van der Waals surface area contributed by atoms with E-state index >= 15 is 0 Å². The molecule has 1 aromatic rings. The van der Waals surface area contributed by atoms with Crippen LogP contribution in [0.5, 0.6) is 0 Å². The molecular weight excluding hydrogens is 188 g/mol. The third-order valence-corrected chi connectivity index (χ3v) is 3.75. The SMILES string of the molecule is Cc1cnc(N)c(C(C)(O)C2(C)CC2)c1. The number of aromatic nitrogens is 1. The third-order valence-electron chi connectivity index (χ3n) is 3.75. The summed E-state index contributed by atoms with van der Waals surface area (Å²) in [4.78, 5) is 4.10. The van der Waals surface area contributed by atoms with Gasteiger partial charge in [-0.15, -0.1) is 0 Å². The van der Waals surface area contributed by atoms with Crippen molar-refractivity contribution in [3.05, 3.63) is 23.4 Å². The predicted molar refractivity (Wildman–Crippen MR) is 60.3 cm³/mol. The first kappa shape index (κ1) is 10.4. The second kappa shape index (κ2) is 2.95. The van der Waals surface area contributed by atoms with Crippen molar-refractivity contribution in [3.8, 4) is 0 Å². The molecule has 82 valence electrons. The van der Waals surface area contributed by atoms with Crippen molar-refractivity contribution in [1.82, 2.24) is 4.98 Å². The van der Waals surface area contributed by atoms with E-state index in [1.54, 1.807) is 6.20 Å². The summed E-state index contributed by atoms with van der Waals surface area (Å²) in [6.45, 7) is 5.89. The molecule has 1 aliphatic carbocycles. The molecule has 0 aliphatic heterocycles. The first-order chi connectivity index (χ1) is 6.87. The molecule has 1 aromatic heterocycles. The topological polar surface area (TPSA) is 59.1 Å². The van der Waals surface area contributed by atoms with Gasteiger partial charge in [0.05, 0.1) is 5.60 Å². The number of hydrogen-bond acceptors (Lipinski definition) is 3. The fourth-order valence-electron chi connectivity index (χ4n) is 1.97. The predicted octanol–water partition coefficient (Wildman–Crippen LogP) is 1.98. The lowest BCUT2D eigenvalue weighted by molar-refractivity contribution is -0.0122. The Balaban J connectivity index is 2.48. The van der Waals surface area contributed by atoms with Crippen molar-refractivity contribution in [2.75, 3.05) is 5.73 Å². The van der Waals surface area contributed by atoms with E-state index in [2.05, 4.69) is 11.9 Å². The zero-order valence-corrected chi connectivity index (χ0v) is 9.54. The smallest absolute Gasteiger partial charge is 0.129 e. The van der Waals surface area contributed by atoms with Crippen molar-refractivity contribution < 1.29 is 5.11 Å². The van der Waals surface area contributed by atoms with E-state index in [0.717, 1.165) is 24.0 Å². The number of aliphatic hydroxyl groups is 1. The van der Waals surface area contributed by atoms with E-state index in [1.807, 2.05) is 19.9 Å². The van der Waals surface area contributed by atoms with Gasteiger partial charge in [0.25, 0.3) is 0 Å². The molecule has 1 atom stereocenters. The Morgan fingerprint density at radius 3 is 2.67 bits per heavy atom. The van der Waals surface area contributed by atoms with Crippen LogP contribution in [0.4, 0.5) is 5.82 Å². The van der Waals surface area contributed by atoms with Gasteiger partial charge in [0.2, 0.25) is 0 Å². The molecule has 3 N–H and O–H groups in total. The molecule has 0 radical (unpaired) electrons. The van der Waals surface area contributed by atoms with Crippen molar-refractivity contribution in [2.45, 2.75) is 39.2 Å². The number of hydrogen-bond donors (Lipinski definition) is 2. The average molecular weight is 206 g/mol. The lowest BCUT2D eigenvalue weighted by Gasteiger charge is -2.31. The standard InChI is InChI=1S/C12H18N2O/c1-8-6-9(10(13)14-7-8)12(3,15)11(2)4-5-11/h6-7,15H,4-5H2,1-3H3,(H2,13,14). The molecular formula is C12H18N2O. The maximum absolute atomic E-state index is 10.6. The van der Waals surface area contributed by atoms with Crippen LogP contribution < -0.4 is 5.73 Å². The molecule has 3 nitrogen and oxygen atoms in total. The maximum atomic E-state index is 10.6. The molecule has 1 fully saturated rings. The summed E-state index contributed by atoms with van der Waals surface area (Å²) in [7, 11) is 0. The molecule has 0 bridgehead atoms. The molecule has 0 spiro atoms. The van der Waals surface area contributed by atoms with Gasteiger partial charge in [-0.05, 0) is 38.3 Å². The zero-order chi connectivity index (χ0) is 11.3. The highest BCUT2D eigenvalue weighted by Gasteiger charge is 2.53. The Kier molecular flexibility index (Phi) is 2.05. The van der Waals surface area contributed by atoms with Crippen LogP contribution in [0.3, 0.4) is 0 Å². The fraction of sp³-hybridized carbons (Fsp3) is 0.583. The van der Waals surface area contributed by atoms with Crippen LogP contribution in [-0.4, -0.2) is 10.1 Å². The molecule has 1 saturated carbocycles. The quantitative estimate of drug-likeness (QED) is 0.777. The molecule has 1 heterocycles. The number of nitrogen functional groups attached to an aromatic ring is 1. The van der Waals surface area contributed by atoms with E-state index < -0.39 is 5.60 Å². The molecule has 2 rings (SSSR count). The largest absolute Gasteiger partial charge is 0.385 e. The summed E-state index contributed by atoms with van der Waals surface area (Å²) in [5, 5.41) is 10.6. The van der Waals surface area contributed by atoms with Gasteiger partial charge in [0.15, 0.2) is 0 Å². The van der Waals surface area contributed by atoms with Gasteiger partial charge in [-0.25, -0.2) is 4.98 Å². The van der Waals surface area contributed by atoms with E-state index in [-0.39, 0.29) is 5.41 Å². The number of aryl methyl sites for hydroxylation is 1. The second-order valence-electron chi connectivity index (χ2n) is 5.08. The van der Waals surface area contributed by atoms with Gasteiger partial charge < -0.3 is 10.8 Å². The van der Waals surface area contributed by atoms with Crippen LogP contribution in [0.15, 0.2) is 12.3 Å². The first-order valence-electron chi connectivity index (χ1n) is 5.32. The maximum Gasteiger partial charge on any atom is 0.129 e. The number of rotatable bonds is 2. The molecule has 1 aliphatic rings. The van der Waals surface area contributed by atoms with Gasteiger partial charge in [0, 0.05) is 17.2 Å². The van der Waals surface area contributed by atoms with Crippen molar-refractivity contribution in [2.24, 2.45) is 5.41 Å². The summed E-state index contributed by atoms with van der Waals surface area (Å²) in [6.07, 6.45) is 3.82. The van der Waals surface area contributed by atoms with Gasteiger partial charge in [-0.1, -0.05) is 6.92 Å². The lowest BCUT2D eigenvalue weighted by atomic mass is 9.81. The Labute approximate surface area is 90.3 Å². The molecule has 0 saturated heterocycles. The van der Waals surface area contributed by atoms with Crippen LogP contribution in [0, 0.1) is 12.3 Å². The molecule has 1 unspecified atom stereocenters. The number of nitrogens with two attached hydrogens (primary N) is 1.